The van der Waals surface area contributed by atoms with Gasteiger partial charge in [-0.05, 0) is 36.2 Å². The van der Waals surface area contributed by atoms with Gasteiger partial charge >= 0.3 is 0 Å². The average Bonchev–Trinajstić information content (AvgIpc) is 2.55. The Balaban J connectivity index is 1.95. The molecule has 0 bridgehead atoms. The van der Waals surface area contributed by atoms with Gasteiger partial charge in [0.1, 0.15) is 11.2 Å². The summed E-state index contributed by atoms with van der Waals surface area (Å²) in [4.78, 5) is 28.8. The Bertz CT molecular complexity index is 900. The number of anilines is 1. The van der Waals surface area contributed by atoms with Gasteiger partial charge in [-0.1, -0.05) is 25.1 Å². The lowest BCUT2D eigenvalue weighted by molar-refractivity contribution is 0.102. The van der Waals surface area contributed by atoms with Crippen molar-refractivity contribution in [1.82, 2.24) is 9.38 Å². The number of aryl methyl sites for hydroxylation is 1. The third-order valence-corrected chi connectivity index (χ3v) is 3.45. The maximum Gasteiger partial charge on any atom is 0.270 e. The number of nitrogens with zero attached hydrogens (tertiary/aromatic N) is 2. The Hall–Kier alpha value is -2.95. The fraction of sp³-hybridized carbons (Fsp3) is 0.118. The third-order valence-electron chi connectivity index (χ3n) is 3.45. The fourth-order valence-electron chi connectivity index (χ4n) is 2.25. The summed E-state index contributed by atoms with van der Waals surface area (Å²) >= 11 is 0. The van der Waals surface area contributed by atoms with Gasteiger partial charge in [0.25, 0.3) is 11.5 Å². The van der Waals surface area contributed by atoms with E-state index in [9.17, 15) is 9.59 Å². The van der Waals surface area contributed by atoms with Crippen LogP contribution in [0.4, 0.5) is 5.69 Å². The maximum atomic E-state index is 12.3. The molecule has 0 radical (unpaired) electrons. The molecule has 1 N–H and O–H groups in total. The second-order valence-electron chi connectivity index (χ2n) is 4.91. The molecule has 0 fully saturated rings. The molecule has 22 heavy (non-hydrogen) atoms. The number of amides is 1. The number of pyridine rings is 1. The van der Waals surface area contributed by atoms with E-state index in [2.05, 4.69) is 10.3 Å². The molecule has 2 heterocycles. The standard InChI is InChI=1S/C17H15N3O2/c1-2-12-6-5-7-13(10-12)19-16(21)14-11-18-15-8-3-4-9-20(15)17(14)22/h3-11H,2H2,1H3,(H,19,21). The molecular formula is C17H15N3O2. The van der Waals surface area contributed by atoms with Crippen LogP contribution in [0.1, 0.15) is 22.8 Å². The number of carbonyl (C=O) groups excluding carboxylic acids is 1. The molecule has 3 rings (SSSR count). The first kappa shape index (κ1) is 14.0. The Kier molecular flexibility index (Phi) is 3.70. The van der Waals surface area contributed by atoms with Gasteiger partial charge < -0.3 is 5.32 Å². The van der Waals surface area contributed by atoms with Crippen molar-refractivity contribution >= 4 is 17.2 Å². The summed E-state index contributed by atoms with van der Waals surface area (Å²) in [5.74, 6) is -0.455. The number of aromatic nitrogens is 2. The van der Waals surface area contributed by atoms with Crippen molar-refractivity contribution in [2.75, 3.05) is 5.32 Å². The molecule has 0 aliphatic rings. The zero-order valence-corrected chi connectivity index (χ0v) is 12.1. The van der Waals surface area contributed by atoms with Crippen molar-refractivity contribution in [2.45, 2.75) is 13.3 Å². The predicted octanol–water partition coefficient (Wildman–Crippen LogP) is 2.51. The Labute approximate surface area is 127 Å². The Morgan fingerprint density at radius 3 is 2.91 bits per heavy atom. The van der Waals surface area contributed by atoms with Crippen LogP contribution >= 0.6 is 0 Å². The van der Waals surface area contributed by atoms with Crippen LogP contribution in [0, 0.1) is 0 Å². The molecule has 0 aliphatic heterocycles. The van der Waals surface area contributed by atoms with Crippen LogP contribution in [0.3, 0.4) is 0 Å². The quantitative estimate of drug-likeness (QED) is 0.807. The third kappa shape index (κ3) is 2.61. The van der Waals surface area contributed by atoms with Crippen LogP contribution in [0.2, 0.25) is 0 Å². The maximum absolute atomic E-state index is 12.3. The van der Waals surface area contributed by atoms with Crippen LogP contribution in [0.5, 0.6) is 0 Å². The number of benzene rings is 1. The lowest BCUT2D eigenvalue weighted by Crippen LogP contribution is -2.26. The number of carbonyl (C=O) groups is 1. The van der Waals surface area contributed by atoms with Crippen LogP contribution in [-0.2, 0) is 6.42 Å². The molecule has 0 unspecified atom stereocenters. The van der Waals surface area contributed by atoms with Gasteiger partial charge in [-0.15, -0.1) is 0 Å². The number of hydrogen-bond donors (Lipinski definition) is 1. The SMILES string of the molecule is CCc1cccc(NC(=O)c2cnc3ccccn3c2=O)c1. The summed E-state index contributed by atoms with van der Waals surface area (Å²) in [6.07, 6.45) is 3.79. The molecule has 0 spiro atoms. The number of nitrogens with one attached hydrogen (secondary N) is 1. The highest BCUT2D eigenvalue weighted by Gasteiger charge is 2.13. The topological polar surface area (TPSA) is 63.5 Å². The molecule has 110 valence electrons. The average molecular weight is 293 g/mol. The van der Waals surface area contributed by atoms with E-state index < -0.39 is 5.91 Å². The molecule has 1 amide bonds. The van der Waals surface area contributed by atoms with Crippen LogP contribution < -0.4 is 10.9 Å². The van der Waals surface area contributed by atoms with E-state index >= 15 is 0 Å². The van der Waals surface area contributed by atoms with Gasteiger partial charge in [0, 0.05) is 18.1 Å². The van der Waals surface area contributed by atoms with Gasteiger partial charge in [-0.2, -0.15) is 0 Å². The van der Waals surface area contributed by atoms with E-state index in [1.54, 1.807) is 30.5 Å². The van der Waals surface area contributed by atoms with Crippen molar-refractivity contribution in [1.29, 1.82) is 0 Å². The smallest absolute Gasteiger partial charge is 0.270 e. The number of hydrogen-bond acceptors (Lipinski definition) is 3. The molecule has 0 saturated carbocycles. The summed E-state index contributed by atoms with van der Waals surface area (Å²) in [6.45, 7) is 2.04. The molecule has 0 saturated heterocycles. The molecule has 0 atom stereocenters. The fourth-order valence-corrected chi connectivity index (χ4v) is 2.25. The molecule has 1 aromatic carbocycles. The van der Waals surface area contributed by atoms with E-state index in [0.29, 0.717) is 11.3 Å². The lowest BCUT2D eigenvalue weighted by Gasteiger charge is -2.07. The minimum atomic E-state index is -0.455. The number of fused-ring (bicyclic) bond motifs is 1. The van der Waals surface area contributed by atoms with E-state index in [1.807, 2.05) is 25.1 Å². The summed E-state index contributed by atoms with van der Waals surface area (Å²) in [6, 6.07) is 12.8. The van der Waals surface area contributed by atoms with Crippen LogP contribution in [0.15, 0.2) is 59.7 Å². The highest BCUT2D eigenvalue weighted by Crippen LogP contribution is 2.12. The van der Waals surface area contributed by atoms with E-state index in [4.69, 9.17) is 0 Å². The van der Waals surface area contributed by atoms with Crippen molar-refractivity contribution in [3.8, 4) is 0 Å². The molecule has 5 nitrogen and oxygen atoms in total. The molecule has 0 aliphatic carbocycles. The van der Waals surface area contributed by atoms with Crippen molar-refractivity contribution < 1.29 is 4.79 Å². The zero-order valence-electron chi connectivity index (χ0n) is 12.1. The zero-order chi connectivity index (χ0) is 15.5. The Morgan fingerprint density at radius 1 is 1.23 bits per heavy atom. The summed E-state index contributed by atoms with van der Waals surface area (Å²) in [5.41, 5.74) is 1.94. The molecular weight excluding hydrogens is 278 g/mol. The lowest BCUT2D eigenvalue weighted by atomic mass is 10.1. The van der Waals surface area contributed by atoms with Crippen molar-refractivity contribution in [2.24, 2.45) is 0 Å². The second-order valence-corrected chi connectivity index (χ2v) is 4.91. The summed E-state index contributed by atoms with van der Waals surface area (Å²) in [5, 5.41) is 2.75. The first-order chi connectivity index (χ1) is 10.7. The van der Waals surface area contributed by atoms with Crippen molar-refractivity contribution in [3.63, 3.8) is 0 Å². The molecule has 3 aromatic rings. The van der Waals surface area contributed by atoms with Gasteiger partial charge in [0.2, 0.25) is 0 Å². The van der Waals surface area contributed by atoms with Crippen LogP contribution in [-0.4, -0.2) is 15.3 Å². The molecule has 5 heteroatoms. The largest absolute Gasteiger partial charge is 0.322 e. The van der Waals surface area contributed by atoms with E-state index in [0.717, 1.165) is 12.0 Å². The van der Waals surface area contributed by atoms with E-state index in [1.165, 1.54) is 10.6 Å². The first-order valence-electron chi connectivity index (χ1n) is 7.05. The Morgan fingerprint density at radius 2 is 2.09 bits per heavy atom. The van der Waals surface area contributed by atoms with Gasteiger partial charge in [0.05, 0.1) is 0 Å². The van der Waals surface area contributed by atoms with Crippen molar-refractivity contribution in [3.05, 3.63) is 76.3 Å². The number of rotatable bonds is 3. The highest BCUT2D eigenvalue weighted by atomic mass is 16.2. The first-order valence-corrected chi connectivity index (χ1v) is 7.05. The highest BCUT2D eigenvalue weighted by molar-refractivity contribution is 6.03. The van der Waals surface area contributed by atoms with Gasteiger partial charge in [-0.25, -0.2) is 4.98 Å². The van der Waals surface area contributed by atoms with Crippen LogP contribution in [0.25, 0.3) is 5.65 Å². The summed E-state index contributed by atoms with van der Waals surface area (Å²) in [7, 11) is 0. The monoisotopic (exact) mass is 293 g/mol. The summed E-state index contributed by atoms with van der Waals surface area (Å²) < 4.78 is 1.36. The minimum absolute atomic E-state index is 0.0191. The van der Waals surface area contributed by atoms with Gasteiger partial charge in [0.15, 0.2) is 0 Å². The van der Waals surface area contributed by atoms with E-state index in [-0.39, 0.29) is 11.1 Å². The molecule has 2 aromatic heterocycles. The minimum Gasteiger partial charge on any atom is -0.322 e. The predicted molar refractivity (Wildman–Crippen MR) is 85.2 cm³/mol. The van der Waals surface area contributed by atoms with Gasteiger partial charge in [-0.3, -0.25) is 14.0 Å². The second kappa shape index (κ2) is 5.81. The normalized spacial score (nSPS) is 10.6.